The van der Waals surface area contributed by atoms with E-state index in [9.17, 15) is 13.6 Å². The summed E-state index contributed by atoms with van der Waals surface area (Å²) < 4.78 is 26.1. The van der Waals surface area contributed by atoms with Crippen LogP contribution in [0.1, 0.15) is 12.0 Å². The van der Waals surface area contributed by atoms with Gasteiger partial charge in [0.05, 0.1) is 6.54 Å². The highest BCUT2D eigenvalue weighted by atomic mass is 19.1. The fourth-order valence-electron chi connectivity index (χ4n) is 2.14. The zero-order chi connectivity index (χ0) is 13.1. The molecule has 1 amide bonds. The van der Waals surface area contributed by atoms with Gasteiger partial charge in [0.15, 0.2) is 0 Å². The van der Waals surface area contributed by atoms with E-state index >= 15 is 0 Å². The van der Waals surface area contributed by atoms with Gasteiger partial charge in [-0.3, -0.25) is 9.69 Å². The molecule has 1 saturated heterocycles. The number of nitrogens with zero attached hydrogens (tertiary/aromatic N) is 2. The summed E-state index contributed by atoms with van der Waals surface area (Å²) in [5, 5.41) is 0. The second-order valence-corrected chi connectivity index (χ2v) is 4.66. The molecule has 0 atom stereocenters. The van der Waals surface area contributed by atoms with Gasteiger partial charge in [-0.2, -0.15) is 0 Å². The molecule has 1 heterocycles. The van der Waals surface area contributed by atoms with E-state index in [1.165, 1.54) is 12.1 Å². The molecule has 1 aliphatic rings. The highest BCUT2D eigenvalue weighted by Crippen LogP contribution is 2.12. The lowest BCUT2D eigenvalue weighted by Gasteiger charge is -2.19. The van der Waals surface area contributed by atoms with Gasteiger partial charge >= 0.3 is 0 Å². The number of hydrogen-bond acceptors (Lipinski definition) is 2. The Labute approximate surface area is 105 Å². The Balaban J connectivity index is 2.06. The van der Waals surface area contributed by atoms with Crippen molar-refractivity contribution >= 4 is 5.91 Å². The Morgan fingerprint density at radius 2 is 1.83 bits per heavy atom. The molecular formula is C13H16F2N2O. The minimum atomic E-state index is -0.580. The smallest absolute Gasteiger partial charge is 0.236 e. The van der Waals surface area contributed by atoms with Gasteiger partial charge in [-0.1, -0.05) is 0 Å². The molecule has 0 spiro atoms. The van der Waals surface area contributed by atoms with Crippen LogP contribution < -0.4 is 0 Å². The molecule has 1 aromatic carbocycles. The first kappa shape index (κ1) is 13.0. The van der Waals surface area contributed by atoms with Crippen LogP contribution in [0.2, 0.25) is 0 Å². The number of halogens is 2. The van der Waals surface area contributed by atoms with Gasteiger partial charge in [0.2, 0.25) is 5.91 Å². The minimum absolute atomic E-state index is 0.0457. The van der Waals surface area contributed by atoms with E-state index in [2.05, 4.69) is 0 Å². The predicted molar refractivity (Wildman–Crippen MR) is 63.9 cm³/mol. The highest BCUT2D eigenvalue weighted by Gasteiger charge is 2.19. The number of hydrogen-bond donors (Lipinski definition) is 0. The first-order valence-corrected chi connectivity index (χ1v) is 5.96. The first-order chi connectivity index (χ1) is 8.54. The Bertz CT molecular complexity index is 430. The number of carbonyl (C=O) groups is 1. The van der Waals surface area contributed by atoms with E-state index in [1.54, 1.807) is 11.9 Å². The van der Waals surface area contributed by atoms with E-state index < -0.39 is 11.6 Å². The summed E-state index contributed by atoms with van der Waals surface area (Å²) >= 11 is 0. The van der Waals surface area contributed by atoms with E-state index in [4.69, 9.17) is 0 Å². The van der Waals surface area contributed by atoms with Gasteiger partial charge in [-0.15, -0.1) is 0 Å². The van der Waals surface area contributed by atoms with Crippen molar-refractivity contribution in [3.63, 3.8) is 0 Å². The number of rotatable bonds is 2. The van der Waals surface area contributed by atoms with Gasteiger partial charge in [0.25, 0.3) is 0 Å². The highest BCUT2D eigenvalue weighted by molar-refractivity contribution is 5.78. The summed E-state index contributed by atoms with van der Waals surface area (Å²) in [6, 6.07) is 3.47. The van der Waals surface area contributed by atoms with Crippen LogP contribution in [0.25, 0.3) is 0 Å². The standard InChI is InChI=1S/C13H16F2N2O/c1-16-3-2-4-17(9-13(16)18)8-10-5-11(14)7-12(15)6-10/h5-7H,2-4,8-9H2,1H3. The molecule has 3 nitrogen and oxygen atoms in total. The maximum atomic E-state index is 13.1. The molecule has 0 radical (unpaired) electrons. The molecule has 0 aliphatic carbocycles. The van der Waals surface area contributed by atoms with Crippen LogP contribution in [0, 0.1) is 11.6 Å². The average molecular weight is 254 g/mol. The van der Waals surface area contributed by atoms with E-state index in [0.29, 0.717) is 18.7 Å². The topological polar surface area (TPSA) is 23.6 Å². The fourth-order valence-corrected chi connectivity index (χ4v) is 2.14. The van der Waals surface area contributed by atoms with Crippen molar-refractivity contribution < 1.29 is 13.6 Å². The Morgan fingerprint density at radius 3 is 2.50 bits per heavy atom. The van der Waals surface area contributed by atoms with Crippen LogP contribution in [0.4, 0.5) is 8.78 Å². The fraction of sp³-hybridized carbons (Fsp3) is 0.462. The van der Waals surface area contributed by atoms with Crippen molar-refractivity contribution in [3.05, 3.63) is 35.4 Å². The van der Waals surface area contributed by atoms with Crippen LogP contribution in [-0.4, -0.2) is 42.4 Å². The van der Waals surface area contributed by atoms with Crippen molar-refractivity contribution in [1.82, 2.24) is 9.80 Å². The Hall–Kier alpha value is -1.49. The normalized spacial score (nSPS) is 17.9. The third kappa shape index (κ3) is 3.26. The molecule has 98 valence electrons. The second-order valence-electron chi connectivity index (χ2n) is 4.66. The molecule has 2 rings (SSSR count). The molecule has 1 aromatic rings. The maximum Gasteiger partial charge on any atom is 0.236 e. The number of carbonyl (C=O) groups excluding carboxylic acids is 1. The molecule has 18 heavy (non-hydrogen) atoms. The number of likely N-dealkylation sites (N-methyl/N-ethyl adjacent to an activating group) is 1. The van der Waals surface area contributed by atoms with Crippen molar-refractivity contribution in [1.29, 1.82) is 0 Å². The van der Waals surface area contributed by atoms with Gasteiger partial charge < -0.3 is 4.90 Å². The van der Waals surface area contributed by atoms with Crippen LogP contribution in [0.15, 0.2) is 18.2 Å². The molecule has 0 bridgehead atoms. The summed E-state index contributed by atoms with van der Waals surface area (Å²) in [4.78, 5) is 15.3. The van der Waals surface area contributed by atoms with E-state index in [0.717, 1.165) is 25.6 Å². The molecule has 5 heteroatoms. The minimum Gasteiger partial charge on any atom is -0.345 e. The Morgan fingerprint density at radius 1 is 1.17 bits per heavy atom. The molecule has 0 unspecified atom stereocenters. The van der Waals surface area contributed by atoms with Crippen molar-refractivity contribution in [3.8, 4) is 0 Å². The Kier molecular flexibility index (Phi) is 3.91. The summed E-state index contributed by atoms with van der Waals surface area (Å²) in [5.41, 5.74) is 0.560. The zero-order valence-corrected chi connectivity index (χ0v) is 10.3. The molecular weight excluding hydrogens is 238 g/mol. The monoisotopic (exact) mass is 254 g/mol. The van der Waals surface area contributed by atoms with Crippen molar-refractivity contribution in [2.24, 2.45) is 0 Å². The van der Waals surface area contributed by atoms with Crippen LogP contribution in [0.5, 0.6) is 0 Å². The summed E-state index contributed by atoms with van der Waals surface area (Å²) in [6.45, 7) is 2.18. The lowest BCUT2D eigenvalue weighted by atomic mass is 10.2. The van der Waals surface area contributed by atoms with Crippen molar-refractivity contribution in [2.75, 3.05) is 26.7 Å². The van der Waals surface area contributed by atoms with E-state index in [-0.39, 0.29) is 5.91 Å². The van der Waals surface area contributed by atoms with Crippen LogP contribution in [0.3, 0.4) is 0 Å². The van der Waals surface area contributed by atoms with Gasteiger partial charge in [-0.25, -0.2) is 8.78 Å². The van der Waals surface area contributed by atoms with Crippen LogP contribution in [-0.2, 0) is 11.3 Å². The average Bonchev–Trinajstić information content (AvgIpc) is 2.40. The van der Waals surface area contributed by atoms with E-state index in [1.807, 2.05) is 4.90 Å². The maximum absolute atomic E-state index is 13.1. The lowest BCUT2D eigenvalue weighted by Crippen LogP contribution is -2.34. The summed E-state index contributed by atoms with van der Waals surface area (Å²) in [6.07, 6.45) is 0.875. The summed E-state index contributed by atoms with van der Waals surface area (Å²) in [5.74, 6) is -1.11. The third-order valence-electron chi connectivity index (χ3n) is 3.08. The lowest BCUT2D eigenvalue weighted by molar-refractivity contribution is -0.129. The molecule has 0 saturated carbocycles. The number of amides is 1. The second kappa shape index (κ2) is 5.44. The zero-order valence-electron chi connectivity index (χ0n) is 10.3. The van der Waals surface area contributed by atoms with Gasteiger partial charge in [0.1, 0.15) is 11.6 Å². The predicted octanol–water partition coefficient (Wildman–Crippen LogP) is 1.63. The van der Waals surface area contributed by atoms with Gasteiger partial charge in [0, 0.05) is 32.7 Å². The molecule has 1 fully saturated rings. The third-order valence-corrected chi connectivity index (χ3v) is 3.08. The van der Waals surface area contributed by atoms with Crippen molar-refractivity contribution in [2.45, 2.75) is 13.0 Å². The van der Waals surface area contributed by atoms with Crippen LogP contribution >= 0.6 is 0 Å². The summed E-state index contributed by atoms with van der Waals surface area (Å²) in [7, 11) is 1.77. The molecule has 0 aromatic heterocycles. The SMILES string of the molecule is CN1CCCN(Cc2cc(F)cc(F)c2)CC1=O. The molecule has 0 N–H and O–H groups in total. The molecule has 1 aliphatic heterocycles. The van der Waals surface area contributed by atoms with Gasteiger partial charge in [-0.05, 0) is 24.1 Å². The number of benzene rings is 1. The quantitative estimate of drug-likeness (QED) is 0.801. The first-order valence-electron chi connectivity index (χ1n) is 5.96. The largest absolute Gasteiger partial charge is 0.345 e.